The topological polar surface area (TPSA) is 124 Å². The van der Waals surface area contributed by atoms with Crippen LogP contribution in [-0.4, -0.2) is 31.4 Å². The lowest BCUT2D eigenvalue weighted by Gasteiger charge is -2.24. The molecule has 11 heteroatoms. The first kappa shape index (κ1) is 21.1. The van der Waals surface area contributed by atoms with Crippen LogP contribution in [0.2, 0.25) is 0 Å². The predicted octanol–water partition coefficient (Wildman–Crippen LogP) is 3.84. The first-order valence-electron chi connectivity index (χ1n) is 7.79. The van der Waals surface area contributed by atoms with Gasteiger partial charge in [-0.3, -0.25) is 20.2 Å². The van der Waals surface area contributed by atoms with E-state index < -0.39 is 35.2 Å². The van der Waals surface area contributed by atoms with Crippen molar-refractivity contribution in [2.45, 2.75) is 44.4 Å². The van der Waals surface area contributed by atoms with Crippen molar-refractivity contribution < 1.29 is 18.3 Å². The van der Waals surface area contributed by atoms with Crippen molar-refractivity contribution in [1.82, 2.24) is 0 Å². The maximum absolute atomic E-state index is 11.5. The van der Waals surface area contributed by atoms with Crippen LogP contribution in [0.5, 0.6) is 0 Å². The second-order valence-corrected chi connectivity index (χ2v) is 8.02. The summed E-state index contributed by atoms with van der Waals surface area (Å²) in [6.07, 6.45) is 2.98. The predicted molar refractivity (Wildman–Crippen MR) is 94.8 cm³/mol. The zero-order valence-corrected chi connectivity index (χ0v) is 15.5. The molecule has 1 rings (SSSR count). The van der Waals surface area contributed by atoms with Crippen molar-refractivity contribution in [1.29, 1.82) is 0 Å². The number of benzene rings is 1. The standard InChI is InChI=1S/C14H20ClN3O6S/c1-3-5-7-16(8-6-4-2)14-12(17(19)20)9-11(25(15,23)24)10-13(14)18(21)22/h9-10H,3-8H2,1-2H3. The van der Waals surface area contributed by atoms with Gasteiger partial charge in [-0.15, -0.1) is 0 Å². The summed E-state index contributed by atoms with van der Waals surface area (Å²) in [7, 11) is 0.878. The molecule has 0 bridgehead atoms. The van der Waals surface area contributed by atoms with Crippen LogP contribution >= 0.6 is 10.7 Å². The maximum Gasteiger partial charge on any atom is 0.301 e. The Kier molecular flexibility index (Phi) is 7.56. The molecule has 0 aliphatic heterocycles. The van der Waals surface area contributed by atoms with Crippen LogP contribution in [0.3, 0.4) is 0 Å². The normalized spacial score (nSPS) is 11.3. The van der Waals surface area contributed by atoms with Crippen molar-refractivity contribution in [3.8, 4) is 0 Å². The Morgan fingerprint density at radius 3 is 1.68 bits per heavy atom. The molecule has 0 spiro atoms. The van der Waals surface area contributed by atoms with Crippen LogP contribution in [-0.2, 0) is 9.05 Å². The number of nitro benzene ring substituents is 2. The molecule has 0 aromatic heterocycles. The molecule has 0 radical (unpaired) electrons. The van der Waals surface area contributed by atoms with E-state index in [-0.39, 0.29) is 5.69 Å². The lowest BCUT2D eigenvalue weighted by molar-refractivity contribution is -0.393. The Labute approximate surface area is 150 Å². The fourth-order valence-corrected chi connectivity index (χ4v) is 3.13. The summed E-state index contributed by atoms with van der Waals surface area (Å²) < 4.78 is 23.0. The lowest BCUT2D eigenvalue weighted by Crippen LogP contribution is -2.27. The van der Waals surface area contributed by atoms with Gasteiger partial charge < -0.3 is 4.90 Å². The molecule has 0 N–H and O–H groups in total. The van der Waals surface area contributed by atoms with Crippen LogP contribution in [0.25, 0.3) is 0 Å². The van der Waals surface area contributed by atoms with Crippen LogP contribution in [0, 0.1) is 20.2 Å². The third-order valence-corrected chi connectivity index (χ3v) is 4.93. The zero-order valence-electron chi connectivity index (χ0n) is 14.0. The number of nitro groups is 2. The first-order chi connectivity index (χ1) is 11.6. The largest absolute Gasteiger partial charge is 0.360 e. The van der Waals surface area contributed by atoms with E-state index in [0.717, 1.165) is 25.0 Å². The molecule has 140 valence electrons. The van der Waals surface area contributed by atoms with E-state index in [4.69, 9.17) is 10.7 Å². The Balaban J connectivity index is 3.67. The highest BCUT2D eigenvalue weighted by molar-refractivity contribution is 8.13. The van der Waals surface area contributed by atoms with Gasteiger partial charge in [0.05, 0.1) is 14.7 Å². The van der Waals surface area contributed by atoms with Gasteiger partial charge in [0.15, 0.2) is 5.69 Å². The van der Waals surface area contributed by atoms with Crippen LogP contribution in [0.4, 0.5) is 17.1 Å². The fraction of sp³-hybridized carbons (Fsp3) is 0.571. The Bertz CT molecular complexity index is 710. The van der Waals surface area contributed by atoms with Gasteiger partial charge in [-0.25, -0.2) is 8.42 Å². The maximum atomic E-state index is 11.5. The fourth-order valence-electron chi connectivity index (χ4n) is 2.36. The van der Waals surface area contributed by atoms with Crippen LogP contribution in [0.1, 0.15) is 39.5 Å². The third kappa shape index (κ3) is 5.53. The van der Waals surface area contributed by atoms with E-state index in [1.807, 2.05) is 13.8 Å². The SMILES string of the molecule is CCCCN(CCCC)c1c([N+](=O)[O-])cc(S(=O)(=O)Cl)cc1[N+](=O)[O-]. The molecule has 0 unspecified atom stereocenters. The summed E-state index contributed by atoms with van der Waals surface area (Å²) in [4.78, 5) is 22.2. The van der Waals surface area contributed by atoms with E-state index in [9.17, 15) is 28.6 Å². The zero-order chi connectivity index (χ0) is 19.2. The molecule has 9 nitrogen and oxygen atoms in total. The minimum absolute atomic E-state index is 0.180. The molecule has 0 saturated heterocycles. The Morgan fingerprint density at radius 1 is 1.00 bits per heavy atom. The Hall–Kier alpha value is -1.94. The molecule has 0 fully saturated rings. The Morgan fingerprint density at radius 2 is 1.40 bits per heavy atom. The van der Waals surface area contributed by atoms with E-state index >= 15 is 0 Å². The summed E-state index contributed by atoms with van der Waals surface area (Å²) >= 11 is 0. The monoisotopic (exact) mass is 393 g/mol. The molecule has 1 aromatic carbocycles. The molecule has 0 amide bonds. The second-order valence-electron chi connectivity index (χ2n) is 5.46. The van der Waals surface area contributed by atoms with Gasteiger partial charge in [-0.1, -0.05) is 26.7 Å². The molecular formula is C14H20ClN3O6S. The number of hydrogen-bond donors (Lipinski definition) is 0. The number of nitrogens with zero attached hydrogens (tertiary/aromatic N) is 3. The average Bonchev–Trinajstić information content (AvgIpc) is 2.53. The van der Waals surface area contributed by atoms with Crippen molar-refractivity contribution in [3.63, 3.8) is 0 Å². The summed E-state index contributed by atoms with van der Waals surface area (Å²) in [5.74, 6) is 0. The van der Waals surface area contributed by atoms with Crippen molar-refractivity contribution in [2.24, 2.45) is 0 Å². The first-order valence-corrected chi connectivity index (χ1v) is 10.1. The van der Waals surface area contributed by atoms with Gasteiger partial charge in [-0.2, -0.15) is 0 Å². The van der Waals surface area contributed by atoms with Crippen molar-refractivity contribution in [2.75, 3.05) is 18.0 Å². The minimum Gasteiger partial charge on any atom is -0.360 e. The highest BCUT2D eigenvalue weighted by Crippen LogP contribution is 2.40. The van der Waals surface area contributed by atoms with Gasteiger partial charge in [0.2, 0.25) is 0 Å². The quantitative estimate of drug-likeness (QED) is 0.336. The van der Waals surface area contributed by atoms with Gasteiger partial charge in [0, 0.05) is 35.9 Å². The van der Waals surface area contributed by atoms with Gasteiger partial charge in [-0.05, 0) is 12.8 Å². The number of unbranched alkanes of at least 4 members (excludes halogenated alkanes) is 2. The minimum atomic E-state index is -4.35. The lowest BCUT2D eigenvalue weighted by atomic mass is 10.1. The molecule has 0 heterocycles. The average molecular weight is 394 g/mol. The molecule has 0 aliphatic rings. The number of anilines is 1. The molecule has 0 aliphatic carbocycles. The molecular weight excluding hydrogens is 374 g/mol. The molecule has 1 aromatic rings. The van der Waals surface area contributed by atoms with Gasteiger partial charge in [0.25, 0.3) is 9.05 Å². The molecule has 0 atom stereocenters. The smallest absolute Gasteiger partial charge is 0.301 e. The van der Waals surface area contributed by atoms with Crippen LogP contribution < -0.4 is 4.90 Å². The van der Waals surface area contributed by atoms with E-state index in [0.29, 0.717) is 25.9 Å². The van der Waals surface area contributed by atoms with E-state index in [1.165, 1.54) is 0 Å². The van der Waals surface area contributed by atoms with Crippen molar-refractivity contribution >= 4 is 36.8 Å². The van der Waals surface area contributed by atoms with Gasteiger partial charge in [0.1, 0.15) is 0 Å². The number of hydrogen-bond acceptors (Lipinski definition) is 7. The van der Waals surface area contributed by atoms with E-state index in [2.05, 4.69) is 0 Å². The van der Waals surface area contributed by atoms with Crippen LogP contribution in [0.15, 0.2) is 17.0 Å². The summed E-state index contributed by atoms with van der Waals surface area (Å²) in [6.45, 7) is 4.66. The highest BCUT2D eigenvalue weighted by atomic mass is 35.7. The third-order valence-electron chi connectivity index (χ3n) is 3.60. The molecule has 25 heavy (non-hydrogen) atoms. The summed E-state index contributed by atoms with van der Waals surface area (Å²) in [6, 6.07) is 1.55. The van der Waals surface area contributed by atoms with Gasteiger partial charge >= 0.3 is 11.4 Å². The van der Waals surface area contributed by atoms with E-state index in [1.54, 1.807) is 4.90 Å². The summed E-state index contributed by atoms with van der Waals surface area (Å²) in [5.41, 5.74) is -1.46. The highest BCUT2D eigenvalue weighted by Gasteiger charge is 2.33. The summed E-state index contributed by atoms with van der Waals surface area (Å²) in [5, 5.41) is 22.9. The second kappa shape index (κ2) is 8.95. The molecule has 0 saturated carbocycles. The van der Waals surface area contributed by atoms with Crippen molar-refractivity contribution in [3.05, 3.63) is 32.4 Å². The number of halogens is 1. The number of rotatable bonds is 10.